The molecule has 1 aromatic heterocycles. The summed E-state index contributed by atoms with van der Waals surface area (Å²) in [5, 5.41) is 2.64. The Bertz CT molecular complexity index is 398. The summed E-state index contributed by atoms with van der Waals surface area (Å²) >= 11 is 0. The molecule has 5 heteroatoms. The second kappa shape index (κ2) is 6.14. The lowest BCUT2D eigenvalue weighted by molar-refractivity contribution is -0.108. The van der Waals surface area contributed by atoms with E-state index < -0.39 is 17.7 Å². The largest absolute Gasteiger partial charge is 0.444 e. The van der Waals surface area contributed by atoms with Gasteiger partial charge >= 0.3 is 6.09 Å². The van der Waals surface area contributed by atoms with Gasteiger partial charge in [0.25, 0.3) is 0 Å². The first kappa shape index (κ1) is 14.2. The Morgan fingerprint density at radius 2 is 2.22 bits per heavy atom. The minimum atomic E-state index is -0.570. The Kier molecular flexibility index (Phi) is 4.83. The summed E-state index contributed by atoms with van der Waals surface area (Å²) in [6.07, 6.45) is 1.97. The third kappa shape index (κ3) is 4.95. The number of hydrogen-bond donors (Lipinski definition) is 1. The van der Waals surface area contributed by atoms with Gasteiger partial charge in [-0.15, -0.1) is 0 Å². The number of nitrogens with zero attached hydrogens (tertiary/aromatic N) is 1. The Labute approximate surface area is 107 Å². The van der Waals surface area contributed by atoms with Crippen molar-refractivity contribution in [3.05, 3.63) is 30.1 Å². The lowest BCUT2D eigenvalue weighted by Crippen LogP contribution is -2.35. The molecule has 0 aliphatic heterocycles. The highest BCUT2D eigenvalue weighted by Gasteiger charge is 2.20. The first-order chi connectivity index (χ1) is 8.42. The fourth-order valence-corrected chi connectivity index (χ4v) is 1.38. The summed E-state index contributed by atoms with van der Waals surface area (Å²) in [5.41, 5.74) is 0.0652. The number of hydrogen-bond acceptors (Lipinski definition) is 4. The molecule has 1 heterocycles. The lowest BCUT2D eigenvalue weighted by atomic mass is 10.1. The zero-order chi connectivity index (χ0) is 13.6. The number of carbonyl (C=O) groups is 2. The van der Waals surface area contributed by atoms with Gasteiger partial charge in [0.05, 0.1) is 11.7 Å². The van der Waals surface area contributed by atoms with E-state index >= 15 is 0 Å². The fourth-order valence-electron chi connectivity index (χ4n) is 1.38. The molecule has 0 fully saturated rings. The van der Waals surface area contributed by atoms with Crippen LogP contribution in [0.15, 0.2) is 24.4 Å². The molecule has 0 radical (unpaired) electrons. The number of amides is 1. The van der Waals surface area contributed by atoms with Crippen LogP contribution in [0.25, 0.3) is 0 Å². The highest BCUT2D eigenvalue weighted by Crippen LogP contribution is 2.14. The number of nitrogens with one attached hydrogen (secondary N) is 1. The SMILES string of the molecule is CC(C)(C)OC(=O)N[C@H](CC=O)c1ccccn1. The maximum Gasteiger partial charge on any atom is 0.408 e. The first-order valence-electron chi connectivity index (χ1n) is 5.76. The van der Waals surface area contributed by atoms with Crippen molar-refractivity contribution >= 4 is 12.4 Å². The second-order valence-corrected chi connectivity index (χ2v) is 4.86. The van der Waals surface area contributed by atoms with E-state index in [1.165, 1.54) is 0 Å². The van der Waals surface area contributed by atoms with Crippen LogP contribution >= 0.6 is 0 Å². The van der Waals surface area contributed by atoms with Crippen molar-refractivity contribution in [3.8, 4) is 0 Å². The van der Waals surface area contributed by atoms with Crippen molar-refractivity contribution in [2.75, 3.05) is 0 Å². The zero-order valence-corrected chi connectivity index (χ0v) is 10.8. The molecule has 1 rings (SSSR count). The highest BCUT2D eigenvalue weighted by atomic mass is 16.6. The highest BCUT2D eigenvalue weighted by molar-refractivity contribution is 5.69. The van der Waals surface area contributed by atoms with E-state index in [2.05, 4.69) is 10.3 Å². The number of aldehydes is 1. The van der Waals surface area contributed by atoms with Crippen molar-refractivity contribution in [3.63, 3.8) is 0 Å². The van der Waals surface area contributed by atoms with E-state index in [4.69, 9.17) is 4.74 Å². The molecule has 0 saturated carbocycles. The minimum Gasteiger partial charge on any atom is -0.444 e. The van der Waals surface area contributed by atoms with Gasteiger partial charge in [-0.1, -0.05) is 6.07 Å². The molecular weight excluding hydrogens is 232 g/mol. The van der Waals surface area contributed by atoms with Crippen LogP contribution in [0, 0.1) is 0 Å². The third-order valence-corrected chi connectivity index (χ3v) is 2.07. The van der Waals surface area contributed by atoms with E-state index in [-0.39, 0.29) is 6.42 Å². The quantitative estimate of drug-likeness (QED) is 0.832. The number of ether oxygens (including phenoxy) is 1. The average molecular weight is 250 g/mol. The number of aromatic nitrogens is 1. The maximum atomic E-state index is 11.6. The molecule has 1 amide bonds. The van der Waals surface area contributed by atoms with Crippen LogP contribution < -0.4 is 5.32 Å². The summed E-state index contributed by atoms with van der Waals surface area (Å²) < 4.78 is 5.14. The van der Waals surface area contributed by atoms with Gasteiger partial charge in [0.15, 0.2) is 0 Å². The van der Waals surface area contributed by atoms with Crippen molar-refractivity contribution in [2.24, 2.45) is 0 Å². The Morgan fingerprint density at radius 3 is 2.72 bits per heavy atom. The molecule has 5 nitrogen and oxygen atoms in total. The van der Waals surface area contributed by atoms with Crippen molar-refractivity contribution in [2.45, 2.75) is 38.8 Å². The van der Waals surface area contributed by atoms with Gasteiger partial charge in [0.1, 0.15) is 11.9 Å². The van der Waals surface area contributed by atoms with Crippen LogP contribution in [0.1, 0.15) is 38.9 Å². The summed E-state index contributed by atoms with van der Waals surface area (Å²) in [5.74, 6) is 0. The summed E-state index contributed by atoms with van der Waals surface area (Å²) in [6, 6.07) is 4.87. The van der Waals surface area contributed by atoms with Crippen molar-refractivity contribution in [1.82, 2.24) is 10.3 Å². The average Bonchev–Trinajstić information content (AvgIpc) is 2.27. The van der Waals surface area contributed by atoms with E-state index in [0.717, 1.165) is 6.29 Å². The van der Waals surface area contributed by atoms with Gasteiger partial charge in [-0.2, -0.15) is 0 Å². The topological polar surface area (TPSA) is 68.3 Å². The molecule has 0 aliphatic carbocycles. The molecule has 0 spiro atoms. The van der Waals surface area contributed by atoms with Crippen molar-refractivity contribution in [1.29, 1.82) is 0 Å². The minimum absolute atomic E-state index is 0.163. The van der Waals surface area contributed by atoms with E-state index in [1.54, 1.807) is 45.2 Å². The predicted octanol–water partition coefficient (Wildman–Crippen LogP) is 2.24. The molecule has 0 unspecified atom stereocenters. The molecular formula is C13H18N2O3. The van der Waals surface area contributed by atoms with E-state index in [9.17, 15) is 9.59 Å². The molecule has 1 N–H and O–H groups in total. The van der Waals surface area contributed by atoms with Crippen LogP contribution in [-0.4, -0.2) is 23.0 Å². The molecule has 0 bridgehead atoms. The third-order valence-electron chi connectivity index (χ3n) is 2.07. The number of carbonyl (C=O) groups excluding carboxylic acids is 2. The van der Waals surface area contributed by atoms with Crippen LogP contribution in [0.3, 0.4) is 0 Å². The number of pyridine rings is 1. The fraction of sp³-hybridized carbons (Fsp3) is 0.462. The molecule has 1 aromatic rings. The Hall–Kier alpha value is -1.91. The molecule has 98 valence electrons. The molecule has 1 atom stereocenters. The molecule has 0 aliphatic rings. The number of rotatable bonds is 4. The monoisotopic (exact) mass is 250 g/mol. The van der Waals surface area contributed by atoms with Gasteiger partial charge < -0.3 is 14.8 Å². The summed E-state index contributed by atoms with van der Waals surface area (Å²) in [6.45, 7) is 5.34. The van der Waals surface area contributed by atoms with Crippen molar-refractivity contribution < 1.29 is 14.3 Å². The van der Waals surface area contributed by atoms with Crippen LogP contribution in [0.4, 0.5) is 4.79 Å². The van der Waals surface area contributed by atoms with Gasteiger partial charge in [-0.3, -0.25) is 4.98 Å². The lowest BCUT2D eigenvalue weighted by Gasteiger charge is -2.22. The molecule has 0 aromatic carbocycles. The number of alkyl carbamates (subject to hydrolysis) is 1. The Balaban J connectivity index is 2.70. The zero-order valence-electron chi connectivity index (χ0n) is 10.8. The van der Waals surface area contributed by atoms with Crippen LogP contribution in [0.2, 0.25) is 0 Å². The van der Waals surface area contributed by atoms with Gasteiger partial charge in [-0.25, -0.2) is 4.79 Å². The summed E-state index contributed by atoms with van der Waals surface area (Å²) in [4.78, 5) is 26.4. The standard InChI is InChI=1S/C13H18N2O3/c1-13(2,3)18-12(17)15-11(7-9-16)10-6-4-5-8-14-10/h4-6,8-9,11H,7H2,1-3H3,(H,15,17)/t11-/m1/s1. The molecule has 18 heavy (non-hydrogen) atoms. The van der Waals surface area contributed by atoms with Crippen LogP contribution in [-0.2, 0) is 9.53 Å². The maximum absolute atomic E-state index is 11.6. The van der Waals surface area contributed by atoms with Gasteiger partial charge in [0.2, 0.25) is 0 Å². The molecule has 0 saturated heterocycles. The van der Waals surface area contributed by atoms with Gasteiger partial charge in [0, 0.05) is 12.6 Å². The van der Waals surface area contributed by atoms with Crippen LogP contribution in [0.5, 0.6) is 0 Å². The summed E-state index contributed by atoms with van der Waals surface area (Å²) in [7, 11) is 0. The first-order valence-corrected chi connectivity index (χ1v) is 5.76. The van der Waals surface area contributed by atoms with E-state index in [0.29, 0.717) is 5.69 Å². The van der Waals surface area contributed by atoms with Gasteiger partial charge in [-0.05, 0) is 32.9 Å². The smallest absolute Gasteiger partial charge is 0.408 e. The Morgan fingerprint density at radius 1 is 1.50 bits per heavy atom. The van der Waals surface area contributed by atoms with E-state index in [1.807, 2.05) is 0 Å². The normalized spacial score (nSPS) is 12.6. The predicted molar refractivity (Wildman–Crippen MR) is 67.0 cm³/mol. The second-order valence-electron chi connectivity index (χ2n) is 4.86.